The lowest BCUT2D eigenvalue weighted by Gasteiger charge is -2.18. The molecule has 0 atom stereocenters. The summed E-state index contributed by atoms with van der Waals surface area (Å²) in [4.78, 5) is 0. The van der Waals surface area contributed by atoms with Crippen molar-refractivity contribution in [2.75, 3.05) is 20.3 Å². The number of rotatable bonds is 8. The summed E-state index contributed by atoms with van der Waals surface area (Å²) in [6.07, 6.45) is 0.665. The van der Waals surface area contributed by atoms with Crippen LogP contribution in [0.3, 0.4) is 0 Å². The van der Waals surface area contributed by atoms with Crippen LogP contribution >= 0.6 is 15.9 Å². The van der Waals surface area contributed by atoms with Crippen molar-refractivity contribution in [2.24, 2.45) is 5.41 Å². The van der Waals surface area contributed by atoms with Crippen LogP contribution < -0.4 is 14.8 Å². The highest BCUT2D eigenvalue weighted by Crippen LogP contribution is 2.37. The van der Waals surface area contributed by atoms with Gasteiger partial charge in [-0.1, -0.05) is 6.92 Å². The summed E-state index contributed by atoms with van der Waals surface area (Å²) in [6.45, 7) is 8.06. The normalized spacial score (nSPS) is 11.0. The fourth-order valence-corrected chi connectivity index (χ4v) is 2.35. The van der Waals surface area contributed by atoms with Gasteiger partial charge in [0.15, 0.2) is 11.5 Å². The molecule has 0 heterocycles. The Bertz CT molecular complexity index is 510. The molecule has 0 aliphatic rings. The van der Waals surface area contributed by atoms with E-state index in [1.807, 2.05) is 26.0 Å². The highest BCUT2D eigenvalue weighted by molar-refractivity contribution is 9.10. The lowest BCUT2D eigenvalue weighted by molar-refractivity contribution is 0.251. The van der Waals surface area contributed by atoms with Gasteiger partial charge in [0.05, 0.1) is 29.7 Å². The third-order valence-corrected chi connectivity index (χ3v) is 3.73. The minimum atomic E-state index is -0.384. The van der Waals surface area contributed by atoms with E-state index >= 15 is 0 Å². The molecule has 0 saturated carbocycles. The lowest BCUT2D eigenvalue weighted by atomic mass is 9.92. The zero-order valence-corrected chi connectivity index (χ0v) is 14.7. The molecule has 0 saturated heterocycles. The van der Waals surface area contributed by atoms with Crippen molar-refractivity contribution < 1.29 is 9.47 Å². The second-order valence-corrected chi connectivity index (χ2v) is 6.34. The minimum absolute atomic E-state index is 0.384. The number of methoxy groups -OCH3 is 1. The predicted octanol–water partition coefficient (Wildman–Crippen LogP) is 3.89. The number of nitriles is 1. The maximum Gasteiger partial charge on any atom is 0.175 e. The average molecular weight is 355 g/mol. The number of hydrogen-bond acceptors (Lipinski definition) is 4. The van der Waals surface area contributed by atoms with E-state index in [-0.39, 0.29) is 5.41 Å². The Labute approximate surface area is 135 Å². The first-order valence-corrected chi connectivity index (χ1v) is 7.84. The maximum absolute atomic E-state index is 9.02. The van der Waals surface area contributed by atoms with E-state index in [2.05, 4.69) is 34.2 Å². The maximum atomic E-state index is 9.02. The molecular formula is C16H23BrN2O2. The van der Waals surface area contributed by atoms with Crippen molar-refractivity contribution in [3.05, 3.63) is 22.2 Å². The first-order valence-electron chi connectivity index (χ1n) is 7.04. The minimum Gasteiger partial charge on any atom is -0.493 e. The Kier molecular flexibility index (Phi) is 7.00. The number of nitrogens with one attached hydrogen (secondary N) is 1. The Morgan fingerprint density at radius 1 is 1.38 bits per heavy atom. The van der Waals surface area contributed by atoms with Gasteiger partial charge in [-0.25, -0.2) is 0 Å². The summed E-state index contributed by atoms with van der Waals surface area (Å²) < 4.78 is 12.1. The van der Waals surface area contributed by atoms with Crippen molar-refractivity contribution in [3.8, 4) is 17.6 Å². The molecule has 1 rings (SSSR count). The highest BCUT2D eigenvalue weighted by Gasteiger charge is 2.18. The molecule has 0 unspecified atom stereocenters. The van der Waals surface area contributed by atoms with Gasteiger partial charge in [0.25, 0.3) is 0 Å². The molecular weight excluding hydrogens is 332 g/mol. The van der Waals surface area contributed by atoms with Crippen molar-refractivity contribution >= 4 is 15.9 Å². The van der Waals surface area contributed by atoms with Gasteiger partial charge in [-0.3, -0.25) is 0 Å². The number of benzene rings is 1. The Hall–Kier alpha value is -1.25. The largest absolute Gasteiger partial charge is 0.493 e. The molecule has 116 valence electrons. The fourth-order valence-electron chi connectivity index (χ4n) is 1.75. The zero-order valence-electron chi connectivity index (χ0n) is 13.1. The van der Waals surface area contributed by atoms with Crippen LogP contribution in [0.4, 0.5) is 0 Å². The van der Waals surface area contributed by atoms with Gasteiger partial charge >= 0.3 is 0 Å². The fraction of sp³-hybridized carbons (Fsp3) is 0.562. The topological polar surface area (TPSA) is 54.3 Å². The smallest absolute Gasteiger partial charge is 0.175 e. The van der Waals surface area contributed by atoms with Gasteiger partial charge in [-0.2, -0.15) is 5.26 Å². The van der Waals surface area contributed by atoms with Crippen LogP contribution in [0.2, 0.25) is 0 Å². The average Bonchev–Trinajstić information content (AvgIpc) is 2.46. The SMILES string of the molecule is CCNCc1cc(Br)c(OCCC(C)(C)C#N)c(OC)c1. The molecule has 0 aliphatic heterocycles. The van der Waals surface area contributed by atoms with Crippen molar-refractivity contribution in [3.63, 3.8) is 0 Å². The number of nitrogens with zero attached hydrogens (tertiary/aromatic N) is 1. The van der Waals surface area contributed by atoms with E-state index < -0.39 is 0 Å². The molecule has 0 spiro atoms. The zero-order chi connectivity index (χ0) is 15.9. The van der Waals surface area contributed by atoms with Crippen molar-refractivity contribution in [2.45, 2.75) is 33.7 Å². The van der Waals surface area contributed by atoms with Crippen LogP contribution in [-0.2, 0) is 6.54 Å². The van der Waals surface area contributed by atoms with Gasteiger partial charge in [0.2, 0.25) is 0 Å². The molecule has 0 bridgehead atoms. The molecule has 0 aliphatic carbocycles. The first-order chi connectivity index (χ1) is 9.93. The molecule has 0 aromatic heterocycles. The van der Waals surface area contributed by atoms with Crippen molar-refractivity contribution in [1.82, 2.24) is 5.32 Å². The van der Waals surface area contributed by atoms with Gasteiger partial charge in [0, 0.05) is 6.54 Å². The van der Waals surface area contributed by atoms with Crippen LogP contribution in [0.1, 0.15) is 32.8 Å². The Balaban J connectivity index is 2.80. The molecule has 0 radical (unpaired) electrons. The standard InChI is InChI=1S/C16H23BrN2O2/c1-5-19-10-12-8-13(17)15(14(9-12)20-4)21-7-6-16(2,3)11-18/h8-9,19H,5-7,10H2,1-4H3. The van der Waals surface area contributed by atoms with Crippen LogP contribution in [0, 0.1) is 16.7 Å². The summed E-state index contributed by atoms with van der Waals surface area (Å²) in [5.74, 6) is 1.39. The first kappa shape index (κ1) is 17.8. The van der Waals surface area contributed by atoms with Crippen LogP contribution in [0.5, 0.6) is 11.5 Å². The number of halogens is 1. The molecule has 0 amide bonds. The van der Waals surface area contributed by atoms with Gasteiger partial charge < -0.3 is 14.8 Å². The molecule has 4 nitrogen and oxygen atoms in total. The number of ether oxygens (including phenoxy) is 2. The summed E-state index contributed by atoms with van der Waals surface area (Å²) in [6, 6.07) is 6.27. The Morgan fingerprint density at radius 2 is 2.10 bits per heavy atom. The monoisotopic (exact) mass is 354 g/mol. The molecule has 21 heavy (non-hydrogen) atoms. The van der Waals surface area contributed by atoms with E-state index in [1.165, 1.54) is 0 Å². The second-order valence-electron chi connectivity index (χ2n) is 5.48. The molecule has 1 aromatic carbocycles. The second kappa shape index (κ2) is 8.26. The third-order valence-electron chi connectivity index (χ3n) is 3.14. The summed E-state index contributed by atoms with van der Waals surface area (Å²) in [7, 11) is 1.63. The summed E-state index contributed by atoms with van der Waals surface area (Å²) in [5, 5.41) is 12.3. The highest BCUT2D eigenvalue weighted by atomic mass is 79.9. The van der Waals surface area contributed by atoms with E-state index in [9.17, 15) is 0 Å². The van der Waals surface area contributed by atoms with Crippen LogP contribution in [0.15, 0.2) is 16.6 Å². The van der Waals surface area contributed by atoms with Crippen LogP contribution in [0.25, 0.3) is 0 Å². The van der Waals surface area contributed by atoms with Gasteiger partial charge in [0.1, 0.15) is 0 Å². The molecule has 0 fully saturated rings. The van der Waals surface area contributed by atoms with E-state index in [0.717, 1.165) is 23.1 Å². The quantitative estimate of drug-likeness (QED) is 0.769. The van der Waals surface area contributed by atoms with E-state index in [0.29, 0.717) is 24.5 Å². The molecule has 1 N–H and O–H groups in total. The third kappa shape index (κ3) is 5.56. The molecule has 1 aromatic rings. The molecule has 5 heteroatoms. The summed E-state index contributed by atoms with van der Waals surface area (Å²) in [5.41, 5.74) is 0.746. The van der Waals surface area contributed by atoms with E-state index in [4.69, 9.17) is 14.7 Å². The van der Waals surface area contributed by atoms with Gasteiger partial charge in [-0.15, -0.1) is 0 Å². The lowest BCUT2D eigenvalue weighted by Crippen LogP contribution is -2.14. The number of hydrogen-bond donors (Lipinski definition) is 1. The van der Waals surface area contributed by atoms with Gasteiger partial charge in [-0.05, 0) is 60.4 Å². The summed E-state index contributed by atoms with van der Waals surface area (Å²) >= 11 is 3.53. The van der Waals surface area contributed by atoms with Crippen LogP contribution in [-0.4, -0.2) is 20.3 Å². The predicted molar refractivity (Wildman–Crippen MR) is 87.6 cm³/mol. The van der Waals surface area contributed by atoms with E-state index in [1.54, 1.807) is 7.11 Å². The Morgan fingerprint density at radius 3 is 2.67 bits per heavy atom. The van der Waals surface area contributed by atoms with Crippen molar-refractivity contribution in [1.29, 1.82) is 5.26 Å².